The lowest BCUT2D eigenvalue weighted by molar-refractivity contribution is -0.141. The summed E-state index contributed by atoms with van der Waals surface area (Å²) in [5.41, 5.74) is 7.59. The van der Waals surface area contributed by atoms with Gasteiger partial charge in [0.05, 0.1) is 23.2 Å². The average Bonchev–Trinajstić information content (AvgIpc) is 2.78. The first kappa shape index (κ1) is 31.1. The molecule has 0 radical (unpaired) electrons. The number of amides is 4. The van der Waals surface area contributed by atoms with Crippen molar-refractivity contribution in [3.05, 3.63) is 63.7 Å². The predicted octanol–water partition coefficient (Wildman–Crippen LogP) is 4.07. The lowest BCUT2D eigenvalue weighted by Crippen LogP contribution is -2.53. The molecule has 2 aromatic carbocycles. The Morgan fingerprint density at radius 3 is 2.23 bits per heavy atom. The molecular formula is C28H34ClN5O5. The fourth-order valence-electron chi connectivity index (χ4n) is 4.05. The zero-order valence-corrected chi connectivity index (χ0v) is 23.7. The van der Waals surface area contributed by atoms with Gasteiger partial charge in [0.25, 0.3) is 5.91 Å². The van der Waals surface area contributed by atoms with Crippen LogP contribution in [0.5, 0.6) is 0 Å². The SMILES string of the molecule is Cc1cc(C)cc(C(C(=O)Nc2c(C)cccc2Cl)N(CC#N)C(=O)C(CC(N)=O)NC(=O)OC(C)(C)C)c1. The van der Waals surface area contributed by atoms with E-state index in [2.05, 4.69) is 10.6 Å². The molecule has 2 atom stereocenters. The number of alkyl carbamates (subject to hydrolysis) is 1. The third kappa shape index (κ3) is 9.00. The maximum absolute atomic E-state index is 13.8. The van der Waals surface area contributed by atoms with Crippen molar-refractivity contribution in [2.75, 3.05) is 11.9 Å². The lowest BCUT2D eigenvalue weighted by atomic mass is 9.98. The maximum atomic E-state index is 13.8. The Kier molecular flexibility index (Phi) is 10.5. The molecule has 2 unspecified atom stereocenters. The topological polar surface area (TPSA) is 155 Å². The fourth-order valence-corrected chi connectivity index (χ4v) is 4.32. The number of nitrogens with two attached hydrogens (primary N) is 1. The van der Waals surface area contributed by atoms with E-state index in [1.165, 1.54) is 0 Å². The summed E-state index contributed by atoms with van der Waals surface area (Å²) in [5.74, 6) is -2.38. The number of nitrogens with one attached hydrogen (secondary N) is 2. The number of rotatable bonds is 9. The Morgan fingerprint density at radius 2 is 1.72 bits per heavy atom. The van der Waals surface area contributed by atoms with Crippen molar-refractivity contribution in [2.45, 2.75) is 65.6 Å². The van der Waals surface area contributed by atoms with Crippen LogP contribution < -0.4 is 16.4 Å². The van der Waals surface area contributed by atoms with Gasteiger partial charge in [0.1, 0.15) is 24.2 Å². The van der Waals surface area contributed by atoms with Gasteiger partial charge in [-0.1, -0.05) is 53.1 Å². The largest absolute Gasteiger partial charge is 0.444 e. The molecule has 39 heavy (non-hydrogen) atoms. The fraction of sp³-hybridized carbons (Fsp3) is 0.393. The van der Waals surface area contributed by atoms with E-state index in [1.54, 1.807) is 58.0 Å². The molecule has 0 saturated heterocycles. The van der Waals surface area contributed by atoms with Crippen molar-refractivity contribution in [3.8, 4) is 6.07 Å². The van der Waals surface area contributed by atoms with E-state index in [0.29, 0.717) is 21.8 Å². The molecule has 11 heteroatoms. The third-order valence-electron chi connectivity index (χ3n) is 5.51. The Labute approximate surface area is 233 Å². The number of aryl methyl sites for hydroxylation is 3. The monoisotopic (exact) mass is 555 g/mol. The Bertz CT molecular complexity index is 1260. The molecule has 0 fully saturated rings. The highest BCUT2D eigenvalue weighted by atomic mass is 35.5. The van der Waals surface area contributed by atoms with Crippen LogP contribution in [-0.2, 0) is 19.1 Å². The first-order chi connectivity index (χ1) is 18.1. The van der Waals surface area contributed by atoms with Gasteiger partial charge < -0.3 is 26.0 Å². The van der Waals surface area contributed by atoms with E-state index < -0.39 is 54.5 Å². The number of benzene rings is 2. The molecule has 0 aliphatic carbocycles. The zero-order chi connectivity index (χ0) is 29.5. The Morgan fingerprint density at radius 1 is 1.10 bits per heavy atom. The van der Waals surface area contributed by atoms with Crippen molar-refractivity contribution < 1.29 is 23.9 Å². The van der Waals surface area contributed by atoms with Gasteiger partial charge in [0, 0.05) is 0 Å². The average molecular weight is 556 g/mol. The van der Waals surface area contributed by atoms with Gasteiger partial charge in [-0.2, -0.15) is 5.26 Å². The molecule has 0 aromatic heterocycles. The summed E-state index contributed by atoms with van der Waals surface area (Å²) >= 11 is 6.34. The van der Waals surface area contributed by atoms with Crippen LogP contribution in [0, 0.1) is 32.1 Å². The van der Waals surface area contributed by atoms with Crippen LogP contribution in [0.4, 0.5) is 10.5 Å². The highest BCUT2D eigenvalue weighted by Crippen LogP contribution is 2.30. The molecule has 2 rings (SSSR count). The number of halogens is 1. The number of primary amides is 1. The van der Waals surface area contributed by atoms with Gasteiger partial charge in [0.2, 0.25) is 11.8 Å². The van der Waals surface area contributed by atoms with Crippen LogP contribution in [0.25, 0.3) is 0 Å². The minimum Gasteiger partial charge on any atom is -0.444 e. The molecule has 0 spiro atoms. The minimum absolute atomic E-state index is 0.291. The van der Waals surface area contributed by atoms with Crippen LogP contribution in [0.3, 0.4) is 0 Å². The molecule has 4 N–H and O–H groups in total. The number of para-hydroxylation sites is 1. The molecule has 2 aromatic rings. The third-order valence-corrected chi connectivity index (χ3v) is 5.82. The van der Waals surface area contributed by atoms with Crippen LogP contribution in [-0.4, -0.2) is 46.9 Å². The van der Waals surface area contributed by atoms with Crippen molar-refractivity contribution >= 4 is 41.1 Å². The zero-order valence-electron chi connectivity index (χ0n) is 22.9. The van der Waals surface area contributed by atoms with E-state index in [1.807, 2.05) is 26.0 Å². The quantitative estimate of drug-likeness (QED) is 0.396. The minimum atomic E-state index is -1.49. The summed E-state index contributed by atoms with van der Waals surface area (Å²) < 4.78 is 5.24. The normalized spacial score (nSPS) is 12.5. The van der Waals surface area contributed by atoms with E-state index in [-0.39, 0.29) is 0 Å². The van der Waals surface area contributed by atoms with E-state index in [4.69, 9.17) is 22.1 Å². The summed E-state index contributed by atoms with van der Waals surface area (Å²) in [6.45, 7) is 9.81. The summed E-state index contributed by atoms with van der Waals surface area (Å²) in [7, 11) is 0. The van der Waals surface area contributed by atoms with Crippen molar-refractivity contribution in [3.63, 3.8) is 0 Å². The van der Waals surface area contributed by atoms with Crippen molar-refractivity contribution in [1.82, 2.24) is 10.2 Å². The number of nitriles is 1. The molecule has 0 aliphatic heterocycles. The molecule has 10 nitrogen and oxygen atoms in total. The van der Waals surface area contributed by atoms with Gasteiger partial charge in [-0.05, 0) is 58.7 Å². The van der Waals surface area contributed by atoms with Gasteiger partial charge in [0.15, 0.2) is 0 Å². The van der Waals surface area contributed by atoms with Crippen LogP contribution in [0.2, 0.25) is 5.02 Å². The number of nitrogens with zero attached hydrogens (tertiary/aromatic N) is 2. The number of hydrogen-bond donors (Lipinski definition) is 3. The maximum Gasteiger partial charge on any atom is 0.408 e. The van der Waals surface area contributed by atoms with Gasteiger partial charge in [-0.15, -0.1) is 0 Å². The predicted molar refractivity (Wildman–Crippen MR) is 148 cm³/mol. The van der Waals surface area contributed by atoms with E-state index >= 15 is 0 Å². The number of carbonyl (C=O) groups excluding carboxylic acids is 4. The summed E-state index contributed by atoms with van der Waals surface area (Å²) in [6, 6.07) is 9.55. The van der Waals surface area contributed by atoms with Crippen LogP contribution in [0.1, 0.15) is 55.5 Å². The Hall–Kier alpha value is -4.10. The molecule has 0 heterocycles. The molecule has 0 bridgehead atoms. The van der Waals surface area contributed by atoms with E-state index in [0.717, 1.165) is 16.0 Å². The number of anilines is 1. The van der Waals surface area contributed by atoms with Crippen molar-refractivity contribution in [2.24, 2.45) is 5.73 Å². The molecule has 0 saturated carbocycles. The second kappa shape index (κ2) is 13.1. The number of ether oxygens (including phenoxy) is 1. The lowest BCUT2D eigenvalue weighted by Gasteiger charge is -2.33. The second-order valence-electron chi connectivity index (χ2n) is 10.2. The summed E-state index contributed by atoms with van der Waals surface area (Å²) in [6.07, 6.45) is -1.54. The van der Waals surface area contributed by atoms with Gasteiger partial charge in [-0.3, -0.25) is 14.4 Å². The highest BCUT2D eigenvalue weighted by molar-refractivity contribution is 6.34. The number of hydrogen-bond acceptors (Lipinski definition) is 6. The smallest absolute Gasteiger partial charge is 0.408 e. The van der Waals surface area contributed by atoms with E-state index in [9.17, 15) is 24.4 Å². The molecule has 208 valence electrons. The van der Waals surface area contributed by atoms with Crippen LogP contribution in [0.15, 0.2) is 36.4 Å². The van der Waals surface area contributed by atoms with Crippen molar-refractivity contribution in [1.29, 1.82) is 5.26 Å². The summed E-state index contributed by atoms with van der Waals surface area (Å²) in [4.78, 5) is 53.0. The first-order valence-corrected chi connectivity index (χ1v) is 12.6. The molecular weight excluding hydrogens is 522 g/mol. The van der Waals surface area contributed by atoms with Gasteiger partial charge >= 0.3 is 6.09 Å². The van der Waals surface area contributed by atoms with Gasteiger partial charge in [-0.25, -0.2) is 4.79 Å². The molecule has 4 amide bonds. The highest BCUT2D eigenvalue weighted by Gasteiger charge is 2.37. The molecule has 0 aliphatic rings. The number of carbonyl (C=O) groups is 4. The standard InChI is InChI=1S/C28H34ClN5O5/c1-16-12-17(2)14-19(13-16)24(25(36)33-23-18(3)8-7-9-20(23)29)34(11-10-30)26(37)21(15-22(31)35)32-27(38)39-28(4,5)6/h7-9,12-14,21,24H,11,15H2,1-6H3,(H2,31,35)(H,32,38)(H,33,36). The first-order valence-electron chi connectivity index (χ1n) is 12.2. The Balaban J connectivity index is 2.61. The van der Waals surface area contributed by atoms with Crippen LogP contribution >= 0.6 is 11.6 Å². The second-order valence-corrected chi connectivity index (χ2v) is 10.6. The summed E-state index contributed by atoms with van der Waals surface area (Å²) in [5, 5.41) is 15.1.